The fourth-order valence-electron chi connectivity index (χ4n) is 2.37. The first-order valence-electron chi connectivity index (χ1n) is 8.71. The van der Waals surface area contributed by atoms with E-state index in [9.17, 15) is 26.4 Å². The predicted molar refractivity (Wildman–Crippen MR) is 109 cm³/mol. The number of hydrogen-bond acceptors (Lipinski definition) is 6. The highest BCUT2D eigenvalue weighted by atomic mass is 32.2. The third-order valence-electron chi connectivity index (χ3n) is 3.80. The number of nitrogens with one attached hydrogen (secondary N) is 2. The zero-order chi connectivity index (χ0) is 22.5. The number of alkyl halides is 3. The SMILES string of the molecule is O=C(Nc1ccc(OCC(F)(F)F)nc1)c1cccc(S(=O)(=O)NCc2cccs2)c1. The first-order chi connectivity index (χ1) is 14.6. The zero-order valence-corrected chi connectivity index (χ0v) is 17.4. The summed E-state index contributed by atoms with van der Waals surface area (Å²) in [6.45, 7) is -1.35. The van der Waals surface area contributed by atoms with E-state index in [-0.39, 0.29) is 28.6 Å². The number of carbonyl (C=O) groups is 1. The molecule has 0 aliphatic rings. The lowest BCUT2D eigenvalue weighted by atomic mass is 10.2. The van der Waals surface area contributed by atoms with Gasteiger partial charge in [0.2, 0.25) is 15.9 Å². The molecule has 1 amide bonds. The third-order valence-corrected chi connectivity index (χ3v) is 6.08. The average Bonchev–Trinajstić information content (AvgIpc) is 3.25. The lowest BCUT2D eigenvalue weighted by Gasteiger charge is -2.10. The van der Waals surface area contributed by atoms with Gasteiger partial charge in [-0.05, 0) is 35.7 Å². The number of sulfonamides is 1. The molecule has 2 aromatic heterocycles. The van der Waals surface area contributed by atoms with E-state index in [0.717, 1.165) is 11.1 Å². The Bertz CT molecular complexity index is 1130. The van der Waals surface area contributed by atoms with Gasteiger partial charge in [-0.25, -0.2) is 18.1 Å². The van der Waals surface area contributed by atoms with E-state index in [1.165, 1.54) is 47.7 Å². The first kappa shape index (κ1) is 22.7. The van der Waals surface area contributed by atoms with Gasteiger partial charge < -0.3 is 10.1 Å². The number of carbonyl (C=O) groups excluding carboxylic acids is 1. The molecule has 0 bridgehead atoms. The molecule has 2 heterocycles. The minimum Gasteiger partial charge on any atom is -0.468 e. The Balaban J connectivity index is 1.64. The summed E-state index contributed by atoms with van der Waals surface area (Å²) in [5.41, 5.74) is 0.282. The largest absolute Gasteiger partial charge is 0.468 e. The zero-order valence-electron chi connectivity index (χ0n) is 15.7. The molecule has 3 rings (SSSR count). The molecule has 0 aliphatic carbocycles. The van der Waals surface area contributed by atoms with Crippen molar-refractivity contribution in [3.05, 3.63) is 70.5 Å². The summed E-state index contributed by atoms with van der Waals surface area (Å²) in [5.74, 6) is -0.860. The molecule has 31 heavy (non-hydrogen) atoms. The van der Waals surface area contributed by atoms with Crippen LogP contribution in [0.5, 0.6) is 5.88 Å². The van der Waals surface area contributed by atoms with Gasteiger partial charge in [-0.15, -0.1) is 11.3 Å². The number of thiophene rings is 1. The lowest BCUT2D eigenvalue weighted by molar-refractivity contribution is -0.154. The van der Waals surface area contributed by atoms with Gasteiger partial charge in [0, 0.05) is 23.1 Å². The van der Waals surface area contributed by atoms with E-state index in [1.807, 2.05) is 11.4 Å². The second-order valence-electron chi connectivity index (χ2n) is 6.17. The summed E-state index contributed by atoms with van der Waals surface area (Å²) in [6.07, 6.45) is -3.36. The van der Waals surface area contributed by atoms with Gasteiger partial charge in [0.1, 0.15) is 0 Å². The Kier molecular flexibility index (Phi) is 6.93. The molecule has 1 aromatic carbocycles. The molecule has 12 heteroatoms. The van der Waals surface area contributed by atoms with Crippen LogP contribution in [0.4, 0.5) is 18.9 Å². The molecule has 3 aromatic rings. The highest BCUT2D eigenvalue weighted by Gasteiger charge is 2.28. The van der Waals surface area contributed by atoms with Crippen LogP contribution in [0.3, 0.4) is 0 Å². The van der Waals surface area contributed by atoms with E-state index in [0.29, 0.717) is 0 Å². The summed E-state index contributed by atoms with van der Waals surface area (Å²) >= 11 is 1.41. The molecule has 0 radical (unpaired) electrons. The van der Waals surface area contributed by atoms with Gasteiger partial charge in [-0.2, -0.15) is 13.2 Å². The van der Waals surface area contributed by atoms with Crippen molar-refractivity contribution in [1.82, 2.24) is 9.71 Å². The fraction of sp³-hybridized carbons (Fsp3) is 0.158. The van der Waals surface area contributed by atoms with Crippen molar-refractivity contribution in [3.63, 3.8) is 0 Å². The Morgan fingerprint density at radius 2 is 1.94 bits per heavy atom. The molecule has 2 N–H and O–H groups in total. The molecular formula is C19H16F3N3O4S2. The van der Waals surface area contributed by atoms with E-state index < -0.39 is 28.7 Å². The number of hydrogen-bond donors (Lipinski definition) is 2. The number of anilines is 1. The molecule has 0 unspecified atom stereocenters. The monoisotopic (exact) mass is 471 g/mol. The van der Waals surface area contributed by atoms with E-state index in [1.54, 1.807) is 6.07 Å². The van der Waals surface area contributed by atoms with Crippen molar-refractivity contribution in [1.29, 1.82) is 0 Å². The number of benzene rings is 1. The number of rotatable bonds is 8. The van der Waals surface area contributed by atoms with Crippen LogP contribution < -0.4 is 14.8 Å². The first-order valence-corrected chi connectivity index (χ1v) is 11.1. The van der Waals surface area contributed by atoms with Crippen molar-refractivity contribution < 1.29 is 31.1 Å². The van der Waals surface area contributed by atoms with Crippen molar-refractivity contribution in [2.45, 2.75) is 17.6 Å². The van der Waals surface area contributed by atoms with Crippen molar-refractivity contribution in [3.8, 4) is 5.88 Å². The Morgan fingerprint density at radius 3 is 2.58 bits per heavy atom. The number of amides is 1. The number of pyridine rings is 1. The smallest absolute Gasteiger partial charge is 0.422 e. The summed E-state index contributed by atoms with van der Waals surface area (Å²) in [5, 5.41) is 4.33. The van der Waals surface area contributed by atoms with Gasteiger partial charge in [-0.3, -0.25) is 4.79 Å². The van der Waals surface area contributed by atoms with Crippen LogP contribution in [0.25, 0.3) is 0 Å². The molecule has 0 aliphatic heterocycles. The molecule has 164 valence electrons. The van der Waals surface area contributed by atoms with Gasteiger partial charge in [0.25, 0.3) is 5.91 Å². The topological polar surface area (TPSA) is 97.4 Å². The molecule has 0 saturated heterocycles. The minimum absolute atomic E-state index is 0.0780. The van der Waals surface area contributed by atoms with Crippen molar-refractivity contribution in [2.24, 2.45) is 0 Å². The van der Waals surface area contributed by atoms with Gasteiger partial charge in [-0.1, -0.05) is 12.1 Å². The van der Waals surface area contributed by atoms with E-state index in [2.05, 4.69) is 19.8 Å². The van der Waals surface area contributed by atoms with Crippen LogP contribution in [0.2, 0.25) is 0 Å². The predicted octanol–water partition coefficient (Wildman–Crippen LogP) is 3.82. The van der Waals surface area contributed by atoms with Crippen LogP contribution >= 0.6 is 11.3 Å². The lowest BCUT2D eigenvalue weighted by Crippen LogP contribution is -2.23. The maximum absolute atomic E-state index is 12.5. The fourth-order valence-corrected chi connectivity index (χ4v) is 4.15. The van der Waals surface area contributed by atoms with E-state index in [4.69, 9.17) is 0 Å². The van der Waals surface area contributed by atoms with Crippen molar-refractivity contribution in [2.75, 3.05) is 11.9 Å². The number of nitrogens with zero attached hydrogens (tertiary/aromatic N) is 1. The second-order valence-corrected chi connectivity index (χ2v) is 8.97. The summed E-state index contributed by atoms with van der Waals surface area (Å²) < 4.78 is 68.4. The highest BCUT2D eigenvalue weighted by Crippen LogP contribution is 2.19. The standard InChI is InChI=1S/C19H16F3N3O4S2/c20-19(21,22)12-29-17-7-6-14(10-23-17)25-18(26)13-3-1-5-16(9-13)31(27,28)24-11-15-4-2-8-30-15/h1-10,24H,11-12H2,(H,25,26). The molecule has 0 saturated carbocycles. The van der Waals surface area contributed by atoms with Gasteiger partial charge in [0.15, 0.2) is 6.61 Å². The summed E-state index contributed by atoms with van der Waals surface area (Å²) in [4.78, 5) is 16.9. The maximum Gasteiger partial charge on any atom is 0.422 e. The highest BCUT2D eigenvalue weighted by molar-refractivity contribution is 7.89. The normalized spacial score (nSPS) is 11.8. The Labute approximate surface area is 179 Å². The Morgan fingerprint density at radius 1 is 1.13 bits per heavy atom. The number of halogens is 3. The maximum atomic E-state index is 12.5. The van der Waals surface area contributed by atoms with Gasteiger partial charge in [0.05, 0.1) is 16.8 Å². The van der Waals surface area contributed by atoms with Crippen LogP contribution in [0.15, 0.2) is 65.0 Å². The molecule has 0 fully saturated rings. The molecule has 0 atom stereocenters. The minimum atomic E-state index is -4.49. The van der Waals surface area contributed by atoms with Crippen molar-refractivity contribution >= 4 is 33.0 Å². The van der Waals surface area contributed by atoms with Crippen LogP contribution in [0, 0.1) is 0 Å². The molecule has 7 nitrogen and oxygen atoms in total. The number of aromatic nitrogens is 1. The summed E-state index contributed by atoms with van der Waals surface area (Å²) in [7, 11) is -3.83. The van der Waals surface area contributed by atoms with Crippen LogP contribution in [0.1, 0.15) is 15.2 Å². The summed E-state index contributed by atoms with van der Waals surface area (Å²) in [6, 6.07) is 11.6. The van der Waals surface area contributed by atoms with Crippen LogP contribution in [-0.4, -0.2) is 32.1 Å². The van der Waals surface area contributed by atoms with Crippen LogP contribution in [-0.2, 0) is 16.6 Å². The van der Waals surface area contributed by atoms with E-state index >= 15 is 0 Å². The molecular weight excluding hydrogens is 455 g/mol. The third kappa shape index (κ3) is 6.77. The Hall–Kier alpha value is -2.96. The average molecular weight is 471 g/mol. The molecule has 0 spiro atoms. The number of ether oxygens (including phenoxy) is 1. The quantitative estimate of drug-likeness (QED) is 0.521. The van der Waals surface area contributed by atoms with Gasteiger partial charge >= 0.3 is 6.18 Å². The second kappa shape index (κ2) is 9.45.